The second-order valence-electron chi connectivity index (χ2n) is 2.37. The van der Waals surface area contributed by atoms with Gasteiger partial charge < -0.3 is 15.3 Å². The van der Waals surface area contributed by atoms with Gasteiger partial charge in [-0.3, -0.25) is 9.59 Å². The topological polar surface area (TPSA) is 112 Å². The van der Waals surface area contributed by atoms with Crippen molar-refractivity contribution in [1.29, 1.82) is 0 Å². The number of hydrogen-bond acceptors (Lipinski definition) is 3. The average molecular weight is 248 g/mol. The normalized spacial score (nSPS) is 7.06. The highest BCUT2D eigenvalue weighted by Gasteiger charge is 2.07. The Balaban J connectivity index is -0.0000000945. The van der Waals surface area contributed by atoms with Crippen molar-refractivity contribution >= 4 is 17.9 Å². The summed E-state index contributed by atoms with van der Waals surface area (Å²) in [5.41, 5.74) is -0.303. The minimum atomic E-state index is -1.27. The summed E-state index contributed by atoms with van der Waals surface area (Å²) in [6.07, 6.45) is 0.900. The molecule has 17 heavy (non-hydrogen) atoms. The molecule has 0 saturated carbocycles. The maximum Gasteiger partial charge on any atom is 0.331 e. The Kier molecular flexibility index (Phi) is 19.8. The maximum atomic E-state index is 9.87. The van der Waals surface area contributed by atoms with Gasteiger partial charge in [0.2, 0.25) is 0 Å². The molecule has 0 bridgehead atoms. The molecule has 0 aliphatic carbocycles. The second-order valence-corrected chi connectivity index (χ2v) is 2.37. The number of aliphatic carboxylic acids is 3. The van der Waals surface area contributed by atoms with Crippen LogP contribution in [0, 0.1) is 0 Å². The Morgan fingerprint density at radius 3 is 1.47 bits per heavy atom. The first-order valence-electron chi connectivity index (χ1n) is 3.76. The summed E-state index contributed by atoms with van der Waals surface area (Å²) in [5.74, 6) is -3.27. The molecule has 0 saturated heterocycles. The molecule has 0 aromatic rings. The highest BCUT2D eigenvalue weighted by molar-refractivity contribution is 5.91. The Morgan fingerprint density at radius 1 is 1.00 bits per heavy atom. The molecule has 6 nitrogen and oxygen atoms in total. The Labute approximate surface area is 101 Å². The third-order valence-corrected chi connectivity index (χ3v) is 0.986. The van der Waals surface area contributed by atoms with E-state index < -0.39 is 24.3 Å². The van der Waals surface area contributed by atoms with Crippen LogP contribution in [0.5, 0.6) is 0 Å². The predicted molar refractivity (Wildman–Crippen MR) is 64.9 cm³/mol. The van der Waals surface area contributed by atoms with E-state index >= 15 is 0 Å². The van der Waals surface area contributed by atoms with E-state index in [0.717, 1.165) is 0 Å². The molecule has 0 unspecified atom stereocenters. The summed E-state index contributed by atoms with van der Waals surface area (Å²) < 4.78 is 0. The van der Waals surface area contributed by atoms with E-state index in [-0.39, 0.29) is 26.8 Å². The van der Waals surface area contributed by atoms with Crippen molar-refractivity contribution in [2.24, 2.45) is 0 Å². The van der Waals surface area contributed by atoms with Gasteiger partial charge in [-0.2, -0.15) is 0 Å². The van der Waals surface area contributed by atoms with Crippen molar-refractivity contribution < 1.29 is 29.7 Å². The average Bonchev–Trinajstić information content (AvgIpc) is 2.03. The lowest BCUT2D eigenvalue weighted by molar-refractivity contribution is -0.139. The smallest absolute Gasteiger partial charge is 0.331 e. The van der Waals surface area contributed by atoms with Crippen molar-refractivity contribution in [1.82, 2.24) is 0 Å². The van der Waals surface area contributed by atoms with Crippen molar-refractivity contribution in [3.63, 3.8) is 0 Å². The summed E-state index contributed by atoms with van der Waals surface area (Å²) in [7, 11) is 0. The van der Waals surface area contributed by atoms with Crippen LogP contribution < -0.4 is 0 Å². The van der Waals surface area contributed by atoms with Gasteiger partial charge in [-0.25, -0.2) is 4.79 Å². The molecular formula is C11H20O6. The second kappa shape index (κ2) is 13.9. The molecule has 0 atom stereocenters. The Bertz CT molecular complexity index is 280. The number of rotatable bonds is 5. The van der Waals surface area contributed by atoms with Crippen LogP contribution in [0.2, 0.25) is 0 Å². The zero-order chi connectivity index (χ0) is 12.4. The van der Waals surface area contributed by atoms with Crippen LogP contribution in [-0.4, -0.2) is 33.2 Å². The molecular weight excluding hydrogens is 228 g/mol. The Hall–Kier alpha value is -2.11. The van der Waals surface area contributed by atoms with Gasteiger partial charge in [0, 0.05) is 5.57 Å². The lowest BCUT2D eigenvalue weighted by Crippen LogP contribution is -2.04. The minimum absolute atomic E-state index is 0. The summed E-state index contributed by atoms with van der Waals surface area (Å²) in [5, 5.41) is 23.9. The van der Waals surface area contributed by atoms with E-state index in [4.69, 9.17) is 15.3 Å². The molecule has 6 heteroatoms. The van der Waals surface area contributed by atoms with Gasteiger partial charge >= 0.3 is 17.9 Å². The monoisotopic (exact) mass is 248 g/mol. The first-order valence-corrected chi connectivity index (χ1v) is 3.76. The van der Waals surface area contributed by atoms with E-state index in [1.807, 2.05) is 0 Å². The van der Waals surface area contributed by atoms with Gasteiger partial charge in [-0.05, 0) is 0 Å². The molecule has 0 rings (SSSR count). The van der Waals surface area contributed by atoms with E-state index in [9.17, 15) is 14.4 Å². The third-order valence-electron chi connectivity index (χ3n) is 0.986. The molecule has 0 fully saturated rings. The summed E-state index contributed by atoms with van der Waals surface area (Å²) >= 11 is 0. The highest BCUT2D eigenvalue weighted by atomic mass is 16.4. The zero-order valence-corrected chi connectivity index (χ0v) is 7.97. The van der Waals surface area contributed by atoms with Gasteiger partial charge in [-0.15, -0.1) is 6.58 Å². The number of carbonyl (C=O) groups is 3. The SMILES string of the molecule is C.C.C=C(CC(=O)O)C(=O)O.C=CCC(=O)O. The van der Waals surface area contributed by atoms with Crippen LogP contribution in [0.3, 0.4) is 0 Å². The van der Waals surface area contributed by atoms with Crippen LogP contribution in [0.15, 0.2) is 24.8 Å². The molecule has 0 heterocycles. The van der Waals surface area contributed by atoms with E-state index in [1.54, 1.807) is 0 Å². The van der Waals surface area contributed by atoms with Crippen LogP contribution in [0.1, 0.15) is 27.7 Å². The number of carboxylic acids is 3. The van der Waals surface area contributed by atoms with E-state index in [1.165, 1.54) is 6.08 Å². The van der Waals surface area contributed by atoms with Crippen LogP contribution >= 0.6 is 0 Å². The molecule has 0 radical (unpaired) electrons. The predicted octanol–water partition coefficient (Wildman–Crippen LogP) is 2.02. The van der Waals surface area contributed by atoms with Crippen molar-refractivity contribution in [3.05, 3.63) is 24.8 Å². The minimum Gasteiger partial charge on any atom is -0.481 e. The first kappa shape index (κ1) is 24.2. The molecule has 0 aliphatic heterocycles. The van der Waals surface area contributed by atoms with Gasteiger partial charge in [0.05, 0.1) is 12.8 Å². The van der Waals surface area contributed by atoms with Crippen molar-refractivity contribution in [3.8, 4) is 0 Å². The maximum absolute atomic E-state index is 9.87. The molecule has 0 spiro atoms. The molecule has 3 N–H and O–H groups in total. The fourth-order valence-corrected chi connectivity index (χ4v) is 0.382. The number of carboxylic acid groups (broad SMARTS) is 3. The van der Waals surface area contributed by atoms with Crippen molar-refractivity contribution in [2.75, 3.05) is 0 Å². The molecule has 0 aromatic carbocycles. The van der Waals surface area contributed by atoms with Crippen LogP contribution in [0.4, 0.5) is 0 Å². The Morgan fingerprint density at radius 2 is 1.41 bits per heavy atom. The van der Waals surface area contributed by atoms with Crippen LogP contribution in [0.25, 0.3) is 0 Å². The van der Waals surface area contributed by atoms with E-state index in [2.05, 4.69) is 13.2 Å². The quantitative estimate of drug-likeness (QED) is 0.507. The van der Waals surface area contributed by atoms with Crippen LogP contribution in [-0.2, 0) is 14.4 Å². The zero-order valence-electron chi connectivity index (χ0n) is 7.97. The largest absolute Gasteiger partial charge is 0.481 e. The fourth-order valence-electron chi connectivity index (χ4n) is 0.382. The highest BCUT2D eigenvalue weighted by Crippen LogP contribution is 1.95. The van der Waals surface area contributed by atoms with Gasteiger partial charge in [0.25, 0.3) is 0 Å². The molecule has 0 amide bonds. The summed E-state index contributed by atoms with van der Waals surface area (Å²) in [6, 6.07) is 0. The van der Waals surface area contributed by atoms with E-state index in [0.29, 0.717) is 0 Å². The third kappa shape index (κ3) is 24.8. The fraction of sp³-hybridized carbons (Fsp3) is 0.364. The molecule has 0 aliphatic rings. The van der Waals surface area contributed by atoms with Gasteiger partial charge in [-0.1, -0.05) is 27.5 Å². The molecule has 0 aromatic heterocycles. The summed E-state index contributed by atoms with van der Waals surface area (Å²) in [4.78, 5) is 29.2. The lowest BCUT2D eigenvalue weighted by Gasteiger charge is -1.91. The first-order chi connectivity index (χ1) is 6.81. The number of hydrogen-bond donors (Lipinski definition) is 3. The standard InChI is InChI=1S/C5H6O4.C4H6O2.2CH4/c1-3(5(8)9)2-4(6)7;1-2-3-4(5)6;;/h1-2H2,(H,6,7)(H,8,9);2H,1,3H2,(H,5,6);2*1H4. The summed E-state index contributed by atoms with van der Waals surface area (Å²) in [6.45, 7) is 6.23. The van der Waals surface area contributed by atoms with Crippen molar-refractivity contribution in [2.45, 2.75) is 27.7 Å². The van der Waals surface area contributed by atoms with Gasteiger partial charge in [0.15, 0.2) is 0 Å². The van der Waals surface area contributed by atoms with Gasteiger partial charge in [0.1, 0.15) is 0 Å². The lowest BCUT2D eigenvalue weighted by atomic mass is 10.2. The molecule has 100 valence electrons.